The smallest absolute Gasteiger partial charge is 0.217 e. The van der Waals surface area contributed by atoms with Crippen molar-refractivity contribution < 1.29 is 18.2 Å². The first kappa shape index (κ1) is 8.53. The lowest BCUT2D eigenvalue weighted by atomic mass is 10.1. The van der Waals surface area contributed by atoms with E-state index < -0.39 is 17.3 Å². The Balaban J connectivity index is 3.26. The zero-order valence-corrected chi connectivity index (χ0v) is 5.81. The van der Waals surface area contributed by atoms with Crippen LogP contribution in [0.1, 0.15) is 11.1 Å². The van der Waals surface area contributed by atoms with Crippen molar-refractivity contribution in [3.8, 4) is 6.07 Å². The number of nitriles is 1. The quantitative estimate of drug-likeness (QED) is 0.584. The molecule has 0 fully saturated rings. The Labute approximate surface area is 66.3 Å². The molecule has 0 amide bonds. The van der Waals surface area contributed by atoms with Gasteiger partial charge >= 0.3 is 6.18 Å². The second kappa shape index (κ2) is 2.81. The first-order valence-corrected chi connectivity index (χ1v) is 3.03. The molecule has 0 bridgehead atoms. The van der Waals surface area contributed by atoms with Crippen molar-refractivity contribution in [2.24, 2.45) is 0 Å². The van der Waals surface area contributed by atoms with Crippen LogP contribution in [0.4, 0.5) is 13.2 Å². The second-order valence-electron chi connectivity index (χ2n) is 2.08. The maximum Gasteiger partial charge on any atom is 0.418 e. The molecule has 0 radical (unpaired) electrons. The van der Waals surface area contributed by atoms with Gasteiger partial charge in [-0.1, -0.05) is 0 Å². The highest BCUT2D eigenvalue weighted by atomic mass is 19.4. The molecule has 0 spiro atoms. The summed E-state index contributed by atoms with van der Waals surface area (Å²) >= 11 is 0. The van der Waals surface area contributed by atoms with E-state index in [0.717, 1.165) is 18.5 Å². The van der Waals surface area contributed by atoms with Gasteiger partial charge in [-0.25, -0.2) is 4.98 Å². The summed E-state index contributed by atoms with van der Waals surface area (Å²) in [5.41, 5.74) is -1.31. The Morgan fingerprint density at radius 2 is 2.08 bits per heavy atom. The summed E-state index contributed by atoms with van der Waals surface area (Å²) in [6.45, 7) is 0. The molecule has 5 heteroatoms. The highest BCUT2D eigenvalue weighted by Gasteiger charge is 2.34. The van der Waals surface area contributed by atoms with Crippen molar-refractivity contribution in [1.29, 1.82) is 5.26 Å². The van der Waals surface area contributed by atoms with Gasteiger partial charge in [0.05, 0.1) is 5.56 Å². The monoisotopic (exact) mass is 173 g/mol. The van der Waals surface area contributed by atoms with Gasteiger partial charge in [-0.05, 0) is 0 Å². The van der Waals surface area contributed by atoms with E-state index in [1.54, 1.807) is 0 Å². The molecule has 0 aromatic carbocycles. The molecule has 0 saturated carbocycles. The van der Waals surface area contributed by atoms with E-state index in [1.165, 1.54) is 6.07 Å². The van der Waals surface area contributed by atoms with Gasteiger partial charge < -0.3 is 0 Å². The fraction of sp³-hybridized carbons (Fsp3) is 0.143. The van der Waals surface area contributed by atoms with Crippen molar-refractivity contribution >= 4 is 0 Å². The largest absolute Gasteiger partial charge is 0.418 e. The predicted octanol–water partition coefficient (Wildman–Crippen LogP) is 1.39. The molecule has 0 aliphatic heterocycles. The number of H-pyrrole nitrogens is 1. The fourth-order valence-corrected chi connectivity index (χ4v) is 0.770. The first-order valence-electron chi connectivity index (χ1n) is 3.03. The Hall–Kier alpha value is -1.57. The normalized spacial score (nSPS) is 10.8. The van der Waals surface area contributed by atoms with Crippen LogP contribution in [-0.4, -0.2) is 0 Å². The van der Waals surface area contributed by atoms with Gasteiger partial charge in [0.2, 0.25) is 0 Å². The molecule has 2 nitrogen and oxygen atoms in total. The predicted molar refractivity (Wildman–Crippen MR) is 32.7 cm³/mol. The lowest BCUT2D eigenvalue weighted by Gasteiger charge is -2.04. The number of aromatic nitrogens is 1. The minimum atomic E-state index is -4.46. The average Bonchev–Trinajstić information content (AvgIpc) is 2.03. The van der Waals surface area contributed by atoms with Gasteiger partial charge in [0.25, 0.3) is 0 Å². The summed E-state index contributed by atoms with van der Waals surface area (Å²) in [4.78, 5) is 2.40. The van der Waals surface area contributed by atoms with Gasteiger partial charge in [0.1, 0.15) is 11.6 Å². The second-order valence-corrected chi connectivity index (χ2v) is 2.08. The van der Waals surface area contributed by atoms with E-state index in [9.17, 15) is 13.2 Å². The molecule has 0 aliphatic carbocycles. The molecule has 12 heavy (non-hydrogen) atoms. The number of alkyl halides is 3. The minimum Gasteiger partial charge on any atom is -0.217 e. The number of nitrogens with zero attached hydrogens (tertiary/aromatic N) is 1. The zero-order valence-electron chi connectivity index (χ0n) is 5.81. The molecule has 0 atom stereocenters. The van der Waals surface area contributed by atoms with E-state index >= 15 is 0 Å². The van der Waals surface area contributed by atoms with Crippen LogP contribution < -0.4 is 4.98 Å². The molecule has 1 N–H and O–H groups in total. The van der Waals surface area contributed by atoms with E-state index in [1.807, 2.05) is 0 Å². The maximum absolute atomic E-state index is 12.1. The van der Waals surface area contributed by atoms with Crippen molar-refractivity contribution in [3.63, 3.8) is 0 Å². The van der Waals surface area contributed by atoms with E-state index in [-0.39, 0.29) is 0 Å². The number of aromatic amines is 1. The van der Waals surface area contributed by atoms with Gasteiger partial charge in [0, 0.05) is 6.07 Å². The molecule has 0 saturated heterocycles. The summed E-state index contributed by atoms with van der Waals surface area (Å²) < 4.78 is 36.2. The fourth-order valence-electron chi connectivity index (χ4n) is 0.770. The number of hydrogen-bond donors (Lipinski definition) is 0. The van der Waals surface area contributed by atoms with Crippen LogP contribution in [0, 0.1) is 11.3 Å². The Morgan fingerprint density at radius 1 is 1.42 bits per heavy atom. The molecule has 0 aliphatic rings. The molecule has 1 aromatic heterocycles. The van der Waals surface area contributed by atoms with Gasteiger partial charge in [0.15, 0.2) is 12.4 Å². The lowest BCUT2D eigenvalue weighted by molar-refractivity contribution is -0.378. The zero-order chi connectivity index (χ0) is 9.19. The molecule has 1 aromatic rings. The minimum absolute atomic E-state index is 0.398. The summed E-state index contributed by atoms with van der Waals surface area (Å²) in [6.07, 6.45) is -2.31. The van der Waals surface area contributed by atoms with Gasteiger partial charge in [-0.15, -0.1) is 0 Å². The summed E-state index contributed by atoms with van der Waals surface area (Å²) in [6, 6.07) is 2.28. The van der Waals surface area contributed by atoms with Crippen LogP contribution in [-0.2, 0) is 6.18 Å². The van der Waals surface area contributed by atoms with Gasteiger partial charge in [-0.2, -0.15) is 18.4 Å². The summed E-state index contributed by atoms with van der Waals surface area (Å²) in [5.74, 6) is 0. The highest BCUT2D eigenvalue weighted by molar-refractivity contribution is 5.34. The standard InChI is InChI=1S/C7H3F3N2/c8-7(9,10)6-1-2-12-4-5(6)3-11/h1-2,4H/p+1. The molecule has 1 rings (SSSR count). The van der Waals surface area contributed by atoms with Crippen molar-refractivity contribution in [2.45, 2.75) is 6.18 Å². The summed E-state index contributed by atoms with van der Waals surface area (Å²) in [5, 5.41) is 8.31. The van der Waals surface area contributed by atoms with E-state index in [0.29, 0.717) is 0 Å². The van der Waals surface area contributed by atoms with Crippen molar-refractivity contribution in [2.75, 3.05) is 0 Å². The Kier molecular flexibility index (Phi) is 2.00. The molecule has 0 unspecified atom stereocenters. The molecular weight excluding hydrogens is 169 g/mol. The number of hydrogen-bond acceptors (Lipinski definition) is 1. The van der Waals surface area contributed by atoms with Crippen LogP contribution in [0.25, 0.3) is 0 Å². The van der Waals surface area contributed by atoms with Crippen molar-refractivity contribution in [1.82, 2.24) is 0 Å². The van der Waals surface area contributed by atoms with Crippen molar-refractivity contribution in [3.05, 3.63) is 29.6 Å². The Morgan fingerprint density at radius 3 is 2.50 bits per heavy atom. The van der Waals surface area contributed by atoms with Crippen LogP contribution >= 0.6 is 0 Å². The topological polar surface area (TPSA) is 37.9 Å². The highest BCUT2D eigenvalue weighted by Crippen LogP contribution is 2.30. The van der Waals surface area contributed by atoms with Crippen LogP contribution in [0.3, 0.4) is 0 Å². The number of nitrogens with one attached hydrogen (secondary N) is 1. The Bertz CT molecular complexity index is 324. The van der Waals surface area contributed by atoms with E-state index in [2.05, 4.69) is 4.98 Å². The number of pyridine rings is 1. The number of rotatable bonds is 0. The molecule has 1 heterocycles. The van der Waals surface area contributed by atoms with E-state index in [4.69, 9.17) is 5.26 Å². The third-order valence-corrected chi connectivity index (χ3v) is 1.29. The SMILES string of the molecule is N#Cc1c[nH+]ccc1C(F)(F)F. The average molecular weight is 173 g/mol. The maximum atomic E-state index is 12.1. The van der Waals surface area contributed by atoms with Crippen LogP contribution in [0.5, 0.6) is 0 Å². The number of halogens is 3. The van der Waals surface area contributed by atoms with Crippen LogP contribution in [0.15, 0.2) is 18.5 Å². The third kappa shape index (κ3) is 1.53. The third-order valence-electron chi connectivity index (χ3n) is 1.29. The van der Waals surface area contributed by atoms with Crippen LogP contribution in [0.2, 0.25) is 0 Å². The lowest BCUT2D eigenvalue weighted by Crippen LogP contribution is -2.12. The first-order chi connectivity index (χ1) is 5.55. The summed E-state index contributed by atoms with van der Waals surface area (Å²) in [7, 11) is 0. The molecular formula is C7H4F3N2+. The molecule has 62 valence electrons. The van der Waals surface area contributed by atoms with Gasteiger partial charge in [-0.3, -0.25) is 0 Å².